The Hall–Kier alpha value is -0.610. The summed E-state index contributed by atoms with van der Waals surface area (Å²) in [6, 6.07) is 0. The van der Waals surface area contributed by atoms with Gasteiger partial charge < -0.3 is 14.8 Å². The van der Waals surface area contributed by atoms with Crippen molar-refractivity contribution in [3.8, 4) is 0 Å². The lowest BCUT2D eigenvalue weighted by Crippen LogP contribution is -2.50. The van der Waals surface area contributed by atoms with E-state index in [0.717, 1.165) is 12.5 Å². The minimum Gasteiger partial charge on any atom is -0.468 e. The van der Waals surface area contributed by atoms with Gasteiger partial charge in [-0.05, 0) is 39.7 Å². The van der Waals surface area contributed by atoms with Crippen LogP contribution in [-0.4, -0.2) is 38.4 Å². The fourth-order valence-electron chi connectivity index (χ4n) is 1.73. The third-order valence-corrected chi connectivity index (χ3v) is 3.20. The van der Waals surface area contributed by atoms with Crippen LogP contribution in [0.4, 0.5) is 0 Å². The van der Waals surface area contributed by atoms with E-state index in [4.69, 9.17) is 9.47 Å². The standard InChI is InChI=1S/C12H23NO3/c1-9(16-8-10-5-6-10)7-12(2,13-3)11(14)15-4/h9-10,13H,5-8H2,1-4H3. The van der Waals surface area contributed by atoms with Crippen molar-refractivity contribution in [3.63, 3.8) is 0 Å². The van der Waals surface area contributed by atoms with Crippen LogP contribution in [0.25, 0.3) is 0 Å². The Morgan fingerprint density at radius 3 is 2.62 bits per heavy atom. The predicted molar refractivity (Wildman–Crippen MR) is 62.2 cm³/mol. The number of hydrogen-bond acceptors (Lipinski definition) is 4. The molecule has 4 nitrogen and oxygen atoms in total. The van der Waals surface area contributed by atoms with Gasteiger partial charge in [0.05, 0.1) is 13.2 Å². The van der Waals surface area contributed by atoms with E-state index >= 15 is 0 Å². The summed E-state index contributed by atoms with van der Waals surface area (Å²) in [6.45, 7) is 4.67. The topological polar surface area (TPSA) is 47.6 Å². The first-order valence-corrected chi connectivity index (χ1v) is 5.90. The van der Waals surface area contributed by atoms with Crippen LogP contribution in [0.15, 0.2) is 0 Å². The molecular formula is C12H23NO3. The van der Waals surface area contributed by atoms with E-state index in [1.165, 1.54) is 20.0 Å². The molecule has 0 saturated heterocycles. The molecule has 2 atom stereocenters. The quantitative estimate of drug-likeness (QED) is 0.669. The van der Waals surface area contributed by atoms with Crippen molar-refractivity contribution in [2.24, 2.45) is 5.92 Å². The van der Waals surface area contributed by atoms with Crippen molar-refractivity contribution in [2.45, 2.75) is 44.8 Å². The lowest BCUT2D eigenvalue weighted by Gasteiger charge is -2.29. The first kappa shape index (κ1) is 13.5. The van der Waals surface area contributed by atoms with Gasteiger partial charge in [0.15, 0.2) is 0 Å². The number of rotatable bonds is 7. The molecule has 1 aliphatic carbocycles. The summed E-state index contributed by atoms with van der Waals surface area (Å²) in [7, 11) is 3.18. The van der Waals surface area contributed by atoms with Gasteiger partial charge in [-0.2, -0.15) is 0 Å². The molecule has 0 heterocycles. The fourth-order valence-corrected chi connectivity index (χ4v) is 1.73. The summed E-state index contributed by atoms with van der Waals surface area (Å²) in [6.07, 6.45) is 3.26. The molecule has 0 radical (unpaired) electrons. The molecule has 1 fully saturated rings. The van der Waals surface area contributed by atoms with Crippen LogP contribution in [0, 0.1) is 5.92 Å². The molecule has 0 bridgehead atoms. The molecule has 0 aromatic rings. The van der Waals surface area contributed by atoms with Gasteiger partial charge in [0.2, 0.25) is 0 Å². The lowest BCUT2D eigenvalue weighted by molar-refractivity contribution is -0.149. The number of carbonyl (C=O) groups is 1. The Bertz CT molecular complexity index is 240. The largest absolute Gasteiger partial charge is 0.468 e. The molecule has 0 aliphatic heterocycles. The molecule has 1 saturated carbocycles. The molecule has 0 aromatic heterocycles. The summed E-state index contributed by atoms with van der Waals surface area (Å²) in [5.74, 6) is 0.512. The van der Waals surface area contributed by atoms with E-state index in [1.54, 1.807) is 7.05 Å². The number of esters is 1. The number of carbonyl (C=O) groups excluding carboxylic acids is 1. The molecular weight excluding hydrogens is 206 g/mol. The summed E-state index contributed by atoms with van der Waals surface area (Å²) in [4.78, 5) is 11.6. The van der Waals surface area contributed by atoms with Crippen molar-refractivity contribution in [2.75, 3.05) is 20.8 Å². The summed E-state index contributed by atoms with van der Waals surface area (Å²) in [5.41, 5.74) is -0.655. The first-order chi connectivity index (χ1) is 7.51. The van der Waals surface area contributed by atoms with Gasteiger partial charge >= 0.3 is 5.97 Å². The first-order valence-electron chi connectivity index (χ1n) is 5.90. The molecule has 2 unspecified atom stereocenters. The Balaban J connectivity index is 2.37. The van der Waals surface area contributed by atoms with E-state index < -0.39 is 5.54 Å². The Labute approximate surface area is 97.7 Å². The van der Waals surface area contributed by atoms with Crippen LogP contribution in [-0.2, 0) is 14.3 Å². The van der Waals surface area contributed by atoms with Gasteiger partial charge in [0, 0.05) is 13.0 Å². The Morgan fingerprint density at radius 2 is 2.19 bits per heavy atom. The second kappa shape index (κ2) is 5.64. The summed E-state index contributed by atoms with van der Waals surface area (Å²) < 4.78 is 10.5. The van der Waals surface area contributed by atoms with Crippen molar-refractivity contribution in [1.82, 2.24) is 5.32 Å². The highest BCUT2D eigenvalue weighted by Crippen LogP contribution is 2.29. The zero-order chi connectivity index (χ0) is 12.2. The maximum Gasteiger partial charge on any atom is 0.325 e. The van der Waals surface area contributed by atoms with Crippen molar-refractivity contribution >= 4 is 5.97 Å². The predicted octanol–water partition coefficient (Wildman–Crippen LogP) is 1.34. The second-order valence-corrected chi connectivity index (χ2v) is 4.87. The highest BCUT2D eigenvalue weighted by atomic mass is 16.5. The van der Waals surface area contributed by atoms with Crippen LogP contribution >= 0.6 is 0 Å². The molecule has 4 heteroatoms. The van der Waals surface area contributed by atoms with E-state index in [1.807, 2.05) is 13.8 Å². The van der Waals surface area contributed by atoms with Crippen LogP contribution in [0.1, 0.15) is 33.1 Å². The van der Waals surface area contributed by atoms with E-state index in [9.17, 15) is 4.79 Å². The molecule has 16 heavy (non-hydrogen) atoms. The number of likely N-dealkylation sites (N-methyl/N-ethyl adjacent to an activating group) is 1. The van der Waals surface area contributed by atoms with Gasteiger partial charge in [0.1, 0.15) is 5.54 Å². The zero-order valence-corrected chi connectivity index (χ0v) is 10.7. The van der Waals surface area contributed by atoms with Gasteiger partial charge in [-0.15, -0.1) is 0 Å². The van der Waals surface area contributed by atoms with Crippen LogP contribution in [0.2, 0.25) is 0 Å². The highest BCUT2D eigenvalue weighted by Gasteiger charge is 2.35. The zero-order valence-electron chi connectivity index (χ0n) is 10.7. The fraction of sp³-hybridized carbons (Fsp3) is 0.917. The molecule has 0 spiro atoms. The van der Waals surface area contributed by atoms with E-state index in [0.29, 0.717) is 6.42 Å². The normalized spacial score (nSPS) is 21.2. The van der Waals surface area contributed by atoms with Gasteiger partial charge in [-0.1, -0.05) is 0 Å². The lowest BCUT2D eigenvalue weighted by atomic mass is 9.95. The average molecular weight is 229 g/mol. The highest BCUT2D eigenvalue weighted by molar-refractivity contribution is 5.80. The minimum absolute atomic E-state index is 0.0668. The average Bonchev–Trinajstić information content (AvgIpc) is 3.08. The minimum atomic E-state index is -0.655. The molecule has 1 N–H and O–H groups in total. The number of ether oxygens (including phenoxy) is 2. The summed E-state index contributed by atoms with van der Waals surface area (Å²) >= 11 is 0. The van der Waals surface area contributed by atoms with Gasteiger partial charge in [0.25, 0.3) is 0 Å². The molecule has 0 amide bonds. The van der Waals surface area contributed by atoms with Crippen molar-refractivity contribution < 1.29 is 14.3 Å². The van der Waals surface area contributed by atoms with Crippen molar-refractivity contribution in [1.29, 1.82) is 0 Å². The van der Waals surface area contributed by atoms with Crippen LogP contribution in [0.5, 0.6) is 0 Å². The maximum absolute atomic E-state index is 11.6. The van der Waals surface area contributed by atoms with Gasteiger partial charge in [-0.3, -0.25) is 4.79 Å². The molecule has 1 rings (SSSR count). The van der Waals surface area contributed by atoms with Gasteiger partial charge in [-0.25, -0.2) is 0 Å². The molecule has 1 aliphatic rings. The van der Waals surface area contributed by atoms with Crippen molar-refractivity contribution in [3.05, 3.63) is 0 Å². The van der Waals surface area contributed by atoms with E-state index in [2.05, 4.69) is 5.32 Å². The SMILES string of the molecule is CNC(C)(CC(C)OCC1CC1)C(=O)OC. The summed E-state index contributed by atoms with van der Waals surface area (Å²) in [5, 5.41) is 3.01. The third-order valence-electron chi connectivity index (χ3n) is 3.20. The Kier molecular flexibility index (Phi) is 4.74. The third kappa shape index (κ3) is 3.76. The molecule has 0 aromatic carbocycles. The smallest absolute Gasteiger partial charge is 0.325 e. The Morgan fingerprint density at radius 1 is 1.56 bits per heavy atom. The monoisotopic (exact) mass is 229 g/mol. The number of hydrogen-bond donors (Lipinski definition) is 1. The second-order valence-electron chi connectivity index (χ2n) is 4.87. The molecule has 94 valence electrons. The van der Waals surface area contributed by atoms with E-state index in [-0.39, 0.29) is 12.1 Å². The number of methoxy groups -OCH3 is 1. The maximum atomic E-state index is 11.6. The van der Waals surface area contributed by atoms with Crippen LogP contribution in [0.3, 0.4) is 0 Å². The number of nitrogens with one attached hydrogen (secondary N) is 1. The van der Waals surface area contributed by atoms with Crippen LogP contribution < -0.4 is 5.32 Å².